The average molecular weight is 755 g/mol. The molecule has 4 N–H and O–H groups in total. The maximum atomic E-state index is 12.1. The van der Waals surface area contributed by atoms with Crippen LogP contribution in [-0.2, 0) is 38.0 Å². The highest BCUT2D eigenvalue weighted by molar-refractivity contribution is 5.70. The number of carbonyl (C=O) groups is 1. The van der Waals surface area contributed by atoms with Gasteiger partial charge in [0.2, 0.25) is 0 Å². The largest absolute Gasteiger partial charge is 0.481 e. The van der Waals surface area contributed by atoms with E-state index in [9.17, 15) is 25.2 Å². The smallest absolute Gasteiger partial charge is 0.311 e. The predicted molar refractivity (Wildman–Crippen MR) is 194 cm³/mol. The van der Waals surface area contributed by atoms with Gasteiger partial charge < -0.3 is 53.6 Å². The van der Waals surface area contributed by atoms with Crippen LogP contribution < -0.4 is 0 Å². The third kappa shape index (κ3) is 7.16. The molecule has 1 spiro atoms. The Balaban J connectivity index is 1.15. The van der Waals surface area contributed by atoms with Gasteiger partial charge in [-0.05, 0) is 71.6 Å². The van der Waals surface area contributed by atoms with Gasteiger partial charge in [0.15, 0.2) is 17.4 Å². The molecule has 0 aromatic rings. The SMILES string of the molecule is COC1C(C)C(C(C)C2OC3(CCC(C)(C4CCC(C)(C5CC(C)C(C6OC(C)(O)C(C)CC6C)O5)O4)O3)CC(O)C2C)OC(O)(C(C)C(=O)O)C1C. The molecular formula is C41H70O12. The van der Waals surface area contributed by atoms with E-state index in [2.05, 4.69) is 27.7 Å². The summed E-state index contributed by atoms with van der Waals surface area (Å²) in [4.78, 5) is 12.1. The number of aliphatic hydroxyl groups is 3. The highest BCUT2D eigenvalue weighted by atomic mass is 16.7. The number of hydrogen-bond acceptors (Lipinski definition) is 11. The van der Waals surface area contributed by atoms with Crippen molar-refractivity contribution in [2.24, 2.45) is 47.3 Å². The number of hydrogen-bond donors (Lipinski definition) is 4. The predicted octanol–water partition coefficient (Wildman–Crippen LogP) is 5.27. The number of carboxylic acid groups (broad SMARTS) is 1. The number of aliphatic carboxylic acids is 1. The first-order valence-electron chi connectivity index (χ1n) is 20.5. The molecule has 53 heavy (non-hydrogen) atoms. The number of carboxylic acids is 1. The Morgan fingerprint density at radius 2 is 1.43 bits per heavy atom. The molecule has 0 aromatic carbocycles. The summed E-state index contributed by atoms with van der Waals surface area (Å²) >= 11 is 0. The van der Waals surface area contributed by atoms with E-state index in [-0.39, 0.29) is 59.9 Å². The van der Waals surface area contributed by atoms with Crippen molar-refractivity contribution in [2.45, 2.75) is 199 Å². The number of methoxy groups -OCH3 is 1. The van der Waals surface area contributed by atoms with Gasteiger partial charge in [-0.1, -0.05) is 48.5 Å². The van der Waals surface area contributed by atoms with Crippen LogP contribution in [0, 0.1) is 47.3 Å². The molecule has 6 heterocycles. The first-order chi connectivity index (χ1) is 24.5. The molecule has 6 saturated heterocycles. The lowest BCUT2D eigenvalue weighted by Crippen LogP contribution is -2.65. The van der Waals surface area contributed by atoms with Crippen molar-refractivity contribution in [1.29, 1.82) is 0 Å². The zero-order valence-electron chi connectivity index (χ0n) is 34.2. The van der Waals surface area contributed by atoms with Gasteiger partial charge in [-0.25, -0.2) is 0 Å². The summed E-state index contributed by atoms with van der Waals surface area (Å²) in [5.41, 5.74) is -1.18. The first kappa shape index (κ1) is 41.7. The molecule has 0 amide bonds. The van der Waals surface area contributed by atoms with E-state index >= 15 is 0 Å². The lowest BCUT2D eigenvalue weighted by Gasteiger charge is -2.54. The molecule has 0 aromatic heterocycles. The molecule has 6 fully saturated rings. The van der Waals surface area contributed by atoms with Gasteiger partial charge in [0.1, 0.15) is 5.92 Å². The fourth-order valence-electron chi connectivity index (χ4n) is 11.3. The highest BCUT2D eigenvalue weighted by Gasteiger charge is 2.63. The van der Waals surface area contributed by atoms with Gasteiger partial charge in [-0.2, -0.15) is 0 Å². The topological polar surface area (TPSA) is 163 Å². The van der Waals surface area contributed by atoms with E-state index in [4.69, 9.17) is 33.2 Å². The molecule has 306 valence electrons. The van der Waals surface area contributed by atoms with Crippen LogP contribution in [0.3, 0.4) is 0 Å². The van der Waals surface area contributed by atoms with Crippen molar-refractivity contribution in [2.75, 3.05) is 7.11 Å². The molecular weight excluding hydrogens is 684 g/mol. The molecule has 21 unspecified atom stereocenters. The minimum Gasteiger partial charge on any atom is -0.481 e. The van der Waals surface area contributed by atoms with Crippen molar-refractivity contribution in [3.05, 3.63) is 0 Å². The van der Waals surface area contributed by atoms with Crippen LogP contribution >= 0.6 is 0 Å². The van der Waals surface area contributed by atoms with Crippen LogP contribution in [0.4, 0.5) is 0 Å². The monoisotopic (exact) mass is 754 g/mol. The molecule has 0 saturated carbocycles. The van der Waals surface area contributed by atoms with Crippen molar-refractivity contribution in [3.8, 4) is 0 Å². The van der Waals surface area contributed by atoms with E-state index in [0.717, 1.165) is 25.7 Å². The lowest BCUT2D eigenvalue weighted by atomic mass is 9.71. The molecule has 0 bridgehead atoms. The molecule has 0 radical (unpaired) electrons. The summed E-state index contributed by atoms with van der Waals surface area (Å²) in [6.45, 7) is 21.6. The molecule has 21 atom stereocenters. The summed E-state index contributed by atoms with van der Waals surface area (Å²) in [5.74, 6) is -7.36. The second kappa shape index (κ2) is 14.5. The van der Waals surface area contributed by atoms with Gasteiger partial charge in [-0.3, -0.25) is 4.79 Å². The van der Waals surface area contributed by atoms with Crippen LogP contribution in [0.5, 0.6) is 0 Å². The third-order valence-corrected chi connectivity index (χ3v) is 15.3. The summed E-state index contributed by atoms with van der Waals surface area (Å²) < 4.78 is 46.3. The first-order valence-corrected chi connectivity index (χ1v) is 20.5. The Kier molecular flexibility index (Phi) is 11.4. The second-order valence-electron chi connectivity index (χ2n) is 19.2. The summed E-state index contributed by atoms with van der Waals surface area (Å²) in [7, 11) is 1.58. The molecule has 6 aliphatic rings. The van der Waals surface area contributed by atoms with E-state index < -0.39 is 70.8 Å². The van der Waals surface area contributed by atoms with Gasteiger partial charge in [0, 0.05) is 49.5 Å². The lowest BCUT2D eigenvalue weighted by molar-refractivity contribution is -0.365. The number of ether oxygens (including phenoxy) is 7. The van der Waals surface area contributed by atoms with E-state index in [1.807, 2.05) is 27.7 Å². The Morgan fingerprint density at radius 1 is 0.792 bits per heavy atom. The third-order valence-electron chi connectivity index (χ3n) is 15.3. The normalized spacial score (nSPS) is 56.1. The Morgan fingerprint density at radius 3 is 2.08 bits per heavy atom. The van der Waals surface area contributed by atoms with E-state index in [1.54, 1.807) is 21.0 Å². The maximum Gasteiger partial charge on any atom is 0.311 e. The molecule has 6 aliphatic heterocycles. The standard InChI is InChI=1S/C41H70O12/c1-20-17-22(3)39(11,45)50-32(20)31-21(2)18-30(48-31)37(9)14-13-29(49-37)38(10)15-16-40(53-38)19-28(42)23(4)33(51-40)24(5)34-25(6)35(47-12)26(7)41(46,52-34)27(8)36(43)44/h20-35,42,45-46H,13-19H2,1-12H3,(H,43,44). The fraction of sp³-hybridized carbons (Fsp3) is 0.976. The molecule has 12 nitrogen and oxygen atoms in total. The fourth-order valence-corrected chi connectivity index (χ4v) is 11.3. The number of rotatable bonds is 8. The van der Waals surface area contributed by atoms with Crippen LogP contribution in [-0.4, -0.2) is 111 Å². The quantitative estimate of drug-likeness (QED) is 0.255. The Labute approximate surface area is 316 Å². The molecule has 12 heteroatoms. The van der Waals surface area contributed by atoms with Crippen molar-refractivity contribution < 1.29 is 58.4 Å². The van der Waals surface area contributed by atoms with Gasteiger partial charge in [0.05, 0.1) is 60.0 Å². The minimum absolute atomic E-state index is 0.0488. The van der Waals surface area contributed by atoms with Crippen molar-refractivity contribution >= 4 is 5.97 Å². The zero-order chi connectivity index (χ0) is 39.2. The van der Waals surface area contributed by atoms with Crippen molar-refractivity contribution in [3.63, 3.8) is 0 Å². The van der Waals surface area contributed by atoms with Crippen LogP contribution in [0.25, 0.3) is 0 Å². The molecule has 6 rings (SSSR count). The second-order valence-corrected chi connectivity index (χ2v) is 19.2. The van der Waals surface area contributed by atoms with Gasteiger partial charge in [-0.15, -0.1) is 0 Å². The highest BCUT2D eigenvalue weighted by Crippen LogP contribution is 2.55. The van der Waals surface area contributed by atoms with Crippen LogP contribution in [0.15, 0.2) is 0 Å². The van der Waals surface area contributed by atoms with E-state index in [1.165, 1.54) is 6.92 Å². The summed E-state index contributed by atoms with van der Waals surface area (Å²) in [5, 5.41) is 44.1. The maximum absolute atomic E-state index is 12.1. The zero-order valence-corrected chi connectivity index (χ0v) is 34.2. The summed E-state index contributed by atoms with van der Waals surface area (Å²) in [6, 6.07) is 0. The van der Waals surface area contributed by atoms with Gasteiger partial charge >= 0.3 is 5.97 Å². The van der Waals surface area contributed by atoms with Gasteiger partial charge in [0.25, 0.3) is 0 Å². The minimum atomic E-state index is -1.96. The van der Waals surface area contributed by atoms with Crippen molar-refractivity contribution in [1.82, 2.24) is 0 Å². The Hall–Kier alpha value is -0.930. The molecule has 0 aliphatic carbocycles. The van der Waals surface area contributed by atoms with Crippen LogP contribution in [0.2, 0.25) is 0 Å². The average Bonchev–Trinajstić information content (AvgIpc) is 3.78. The van der Waals surface area contributed by atoms with Crippen LogP contribution in [0.1, 0.15) is 121 Å². The Bertz CT molecular complexity index is 1330. The number of aliphatic hydroxyl groups excluding tert-OH is 1. The summed E-state index contributed by atoms with van der Waals surface area (Å²) in [6.07, 6.45) is 2.01. The van der Waals surface area contributed by atoms with E-state index in [0.29, 0.717) is 19.3 Å².